The molecule has 0 spiro atoms. The first-order chi connectivity index (χ1) is 13.6. The Morgan fingerprint density at radius 2 is 1.69 bits per heavy atom. The van der Waals surface area contributed by atoms with E-state index in [0.29, 0.717) is 11.3 Å². The van der Waals surface area contributed by atoms with E-state index in [2.05, 4.69) is 6.58 Å². The number of fused-ring (bicyclic) bond motifs is 1. The second-order valence-electron chi connectivity index (χ2n) is 6.62. The van der Waals surface area contributed by atoms with Gasteiger partial charge in [-0.15, -0.1) is 24.2 Å². The lowest BCUT2D eigenvalue weighted by atomic mass is 10.0. The van der Waals surface area contributed by atoms with Gasteiger partial charge in [0, 0.05) is 5.75 Å². The molecule has 29 heavy (non-hydrogen) atoms. The average molecular weight is 429 g/mol. The van der Waals surface area contributed by atoms with E-state index in [4.69, 9.17) is 10.5 Å². The van der Waals surface area contributed by atoms with Gasteiger partial charge in [-0.3, -0.25) is 9.69 Å². The lowest BCUT2D eigenvalue weighted by Crippen LogP contribution is -2.68. The Hall–Kier alpha value is -2.54. The number of nitrogens with zero attached hydrogens (tertiary/aromatic N) is 1. The van der Waals surface area contributed by atoms with E-state index in [9.17, 15) is 9.59 Å². The molecule has 0 saturated carbocycles. The Bertz CT molecular complexity index is 910. The van der Waals surface area contributed by atoms with Gasteiger partial charge in [0.2, 0.25) is 5.91 Å². The van der Waals surface area contributed by atoms with Gasteiger partial charge in [0.05, 0.1) is 0 Å². The largest absolute Gasteiger partial charge is 0.448 e. The van der Waals surface area contributed by atoms with Gasteiger partial charge in [-0.1, -0.05) is 73.3 Å². The van der Waals surface area contributed by atoms with Crippen molar-refractivity contribution in [1.29, 1.82) is 0 Å². The maximum atomic E-state index is 13.2. The number of thioether (sulfide) groups is 1. The Morgan fingerprint density at radius 3 is 2.21 bits per heavy atom. The van der Waals surface area contributed by atoms with Gasteiger partial charge in [0.25, 0.3) is 0 Å². The predicted octanol–water partition coefficient (Wildman–Crippen LogP) is 3.42. The molecule has 1 fully saturated rings. The molecule has 0 unspecified atom stereocenters. The molecule has 2 heterocycles. The summed E-state index contributed by atoms with van der Waals surface area (Å²) in [5.41, 5.74) is 8.55. The molecule has 5 nitrogen and oxygen atoms in total. The topological polar surface area (TPSA) is 72.6 Å². The molecule has 1 saturated heterocycles. The summed E-state index contributed by atoms with van der Waals surface area (Å²) in [6, 6.07) is 18.5. The van der Waals surface area contributed by atoms with Gasteiger partial charge in [0.15, 0.2) is 6.10 Å². The van der Waals surface area contributed by atoms with Gasteiger partial charge in [-0.2, -0.15) is 0 Å². The van der Waals surface area contributed by atoms with Gasteiger partial charge < -0.3 is 10.5 Å². The Kier molecular flexibility index (Phi) is 6.47. The van der Waals surface area contributed by atoms with Crippen LogP contribution < -0.4 is 5.73 Å². The fourth-order valence-corrected chi connectivity index (χ4v) is 4.72. The summed E-state index contributed by atoms with van der Waals surface area (Å²) in [5, 5.41) is -0.231. The third-order valence-electron chi connectivity index (χ3n) is 4.91. The number of rotatable bonds is 5. The number of benzene rings is 2. The molecule has 150 valence electrons. The van der Waals surface area contributed by atoms with Crippen molar-refractivity contribution in [2.75, 3.05) is 5.75 Å². The molecule has 0 aliphatic carbocycles. The number of carbonyl (C=O) groups excluding carboxylic acids is 2. The number of ether oxygens (including phenoxy) is 1. The minimum absolute atomic E-state index is 0. The highest BCUT2D eigenvalue weighted by Gasteiger charge is 2.52. The van der Waals surface area contributed by atoms with Crippen LogP contribution in [0, 0.1) is 0 Å². The number of esters is 1. The van der Waals surface area contributed by atoms with Gasteiger partial charge in [-0.05, 0) is 16.7 Å². The standard InChI is InChI=1S/C22H20N2O3S.ClH/c1-2-14-13-28-21-17(23)20(25)24(21)18(14)22(26)27-19(15-9-5-3-6-10-15)16-11-7-4-8-12-16;/h2-12,17,19,21H,1,13,23H2;1H/t17-,21+;/m1./s1. The maximum Gasteiger partial charge on any atom is 0.356 e. The van der Waals surface area contributed by atoms with Crippen LogP contribution in [0.3, 0.4) is 0 Å². The van der Waals surface area contributed by atoms with Crippen LogP contribution in [-0.4, -0.2) is 33.9 Å². The van der Waals surface area contributed by atoms with Crippen LogP contribution in [0.1, 0.15) is 17.2 Å². The molecule has 2 aromatic carbocycles. The number of allylic oxidation sites excluding steroid dienone is 1. The van der Waals surface area contributed by atoms with Crippen LogP contribution in [0.4, 0.5) is 0 Å². The van der Waals surface area contributed by atoms with Crippen molar-refractivity contribution in [2.45, 2.75) is 17.5 Å². The summed E-state index contributed by atoms with van der Waals surface area (Å²) in [6.07, 6.45) is 1.03. The molecule has 2 aliphatic rings. The highest BCUT2D eigenvalue weighted by atomic mass is 35.5. The van der Waals surface area contributed by atoms with Gasteiger partial charge in [0.1, 0.15) is 17.1 Å². The number of halogens is 1. The van der Waals surface area contributed by atoms with Crippen LogP contribution in [0.5, 0.6) is 0 Å². The summed E-state index contributed by atoms with van der Waals surface area (Å²) in [6.45, 7) is 3.79. The van der Waals surface area contributed by atoms with Gasteiger partial charge in [-0.25, -0.2) is 4.79 Å². The molecular formula is C22H21ClN2O3S. The third-order valence-corrected chi connectivity index (χ3v) is 6.23. The zero-order valence-electron chi connectivity index (χ0n) is 15.6. The maximum absolute atomic E-state index is 13.2. The molecule has 1 amide bonds. The van der Waals surface area contributed by atoms with E-state index in [0.717, 1.165) is 11.1 Å². The molecule has 2 aliphatic heterocycles. The number of hydrogen-bond donors (Lipinski definition) is 1. The van der Waals surface area contributed by atoms with E-state index in [1.165, 1.54) is 16.7 Å². The highest BCUT2D eigenvalue weighted by Crippen LogP contribution is 2.40. The summed E-state index contributed by atoms with van der Waals surface area (Å²) >= 11 is 1.53. The average Bonchev–Trinajstić information content (AvgIpc) is 2.76. The molecule has 2 aromatic rings. The number of β-lactam (4-membered cyclic amide) rings is 1. The molecule has 2 N–H and O–H groups in total. The Balaban J connectivity index is 0.00000240. The first kappa shape index (κ1) is 21.2. The summed E-state index contributed by atoms with van der Waals surface area (Å²) in [5.74, 6) is -0.241. The Morgan fingerprint density at radius 1 is 1.14 bits per heavy atom. The smallest absolute Gasteiger partial charge is 0.356 e. The zero-order valence-corrected chi connectivity index (χ0v) is 17.2. The predicted molar refractivity (Wildman–Crippen MR) is 116 cm³/mol. The molecule has 4 rings (SSSR count). The SMILES string of the molecule is C=CC1=C(C(=O)OC(c2ccccc2)c2ccccc2)N2C(=O)[C@@H](N)[C@@H]2SC1.Cl. The molecule has 0 radical (unpaired) electrons. The van der Waals surface area contributed by atoms with Crippen molar-refractivity contribution in [3.63, 3.8) is 0 Å². The summed E-state index contributed by atoms with van der Waals surface area (Å²) in [7, 11) is 0. The highest BCUT2D eigenvalue weighted by molar-refractivity contribution is 8.00. The zero-order chi connectivity index (χ0) is 19.7. The van der Waals surface area contributed by atoms with Gasteiger partial charge >= 0.3 is 5.97 Å². The van der Waals surface area contributed by atoms with Crippen molar-refractivity contribution >= 4 is 36.0 Å². The van der Waals surface area contributed by atoms with E-state index < -0.39 is 18.1 Å². The van der Waals surface area contributed by atoms with Crippen molar-refractivity contribution in [1.82, 2.24) is 4.90 Å². The van der Waals surface area contributed by atoms with E-state index in [1.54, 1.807) is 6.08 Å². The number of carbonyl (C=O) groups is 2. The number of nitrogens with two attached hydrogens (primary N) is 1. The molecule has 0 aromatic heterocycles. The number of hydrogen-bond acceptors (Lipinski definition) is 5. The van der Waals surface area contributed by atoms with Crippen LogP contribution >= 0.6 is 24.2 Å². The van der Waals surface area contributed by atoms with Crippen molar-refractivity contribution < 1.29 is 14.3 Å². The fourth-order valence-electron chi connectivity index (χ4n) is 3.43. The second kappa shape index (κ2) is 8.86. The molecule has 2 atom stereocenters. The van der Waals surface area contributed by atoms with Crippen LogP contribution in [0.2, 0.25) is 0 Å². The molecular weight excluding hydrogens is 408 g/mol. The summed E-state index contributed by atoms with van der Waals surface area (Å²) in [4.78, 5) is 27.0. The molecule has 0 bridgehead atoms. The fraction of sp³-hybridized carbons (Fsp3) is 0.182. The van der Waals surface area contributed by atoms with E-state index >= 15 is 0 Å². The normalized spacial score (nSPS) is 20.5. The first-order valence-corrected chi connectivity index (χ1v) is 10.0. The monoisotopic (exact) mass is 428 g/mol. The van der Waals surface area contributed by atoms with Crippen LogP contribution in [0.25, 0.3) is 0 Å². The lowest BCUT2D eigenvalue weighted by molar-refractivity contribution is -0.153. The van der Waals surface area contributed by atoms with E-state index in [-0.39, 0.29) is 29.4 Å². The number of amides is 1. The minimum Gasteiger partial charge on any atom is -0.448 e. The lowest BCUT2D eigenvalue weighted by Gasteiger charge is -2.48. The first-order valence-electron chi connectivity index (χ1n) is 8.98. The molecule has 7 heteroatoms. The van der Waals surface area contributed by atoms with E-state index in [1.807, 2.05) is 60.7 Å². The second-order valence-corrected chi connectivity index (χ2v) is 7.73. The van der Waals surface area contributed by atoms with Crippen LogP contribution in [-0.2, 0) is 14.3 Å². The minimum atomic E-state index is -0.585. The van der Waals surface area contributed by atoms with Crippen molar-refractivity contribution in [3.05, 3.63) is 95.7 Å². The summed E-state index contributed by atoms with van der Waals surface area (Å²) < 4.78 is 5.94. The van der Waals surface area contributed by atoms with Crippen LogP contribution in [0.15, 0.2) is 84.6 Å². The van der Waals surface area contributed by atoms with Crippen molar-refractivity contribution in [3.8, 4) is 0 Å². The Labute approximate surface area is 180 Å². The quantitative estimate of drug-likeness (QED) is 0.583. The third kappa shape index (κ3) is 3.83. The van der Waals surface area contributed by atoms with Crippen molar-refractivity contribution in [2.24, 2.45) is 5.73 Å².